The van der Waals surface area contributed by atoms with Gasteiger partial charge in [0.2, 0.25) is 0 Å². The minimum absolute atomic E-state index is 0.00825. The summed E-state index contributed by atoms with van der Waals surface area (Å²) < 4.78 is 5.51. The Morgan fingerprint density at radius 2 is 1.95 bits per heavy atom. The van der Waals surface area contributed by atoms with E-state index in [0.717, 1.165) is 0 Å². The van der Waals surface area contributed by atoms with Gasteiger partial charge in [0.15, 0.2) is 5.79 Å². The topological polar surface area (TPSA) is 92.8 Å². The fourth-order valence-corrected chi connectivity index (χ4v) is 1.98. The summed E-state index contributed by atoms with van der Waals surface area (Å²) in [6, 6.07) is 6.32. The molecule has 0 aliphatic heterocycles. The van der Waals surface area contributed by atoms with Gasteiger partial charge in [-0.3, -0.25) is 10.1 Å². The number of aliphatic hydroxyl groups is 2. The molecule has 6 nitrogen and oxygen atoms in total. The van der Waals surface area contributed by atoms with E-state index in [9.17, 15) is 20.3 Å². The zero-order valence-electron chi connectivity index (χ0n) is 11.8. The molecule has 0 saturated heterocycles. The first-order valence-electron chi connectivity index (χ1n) is 6.69. The number of nitro benzene ring substituents is 1. The molecular formula is C14H21NO5. The number of ether oxygens (including phenoxy) is 1. The second-order valence-corrected chi connectivity index (χ2v) is 4.67. The van der Waals surface area contributed by atoms with Crippen molar-refractivity contribution in [3.8, 4) is 0 Å². The van der Waals surface area contributed by atoms with Crippen molar-refractivity contribution in [2.75, 3.05) is 6.61 Å². The minimum atomic E-state index is -1.31. The van der Waals surface area contributed by atoms with Gasteiger partial charge in [-0.2, -0.15) is 0 Å². The Labute approximate surface area is 118 Å². The summed E-state index contributed by atoms with van der Waals surface area (Å²) in [6.45, 7) is 3.25. The number of benzene rings is 1. The van der Waals surface area contributed by atoms with Crippen molar-refractivity contribution < 1.29 is 19.9 Å². The first kappa shape index (κ1) is 16.6. The second kappa shape index (κ2) is 7.33. The van der Waals surface area contributed by atoms with Crippen LogP contribution >= 0.6 is 0 Å². The van der Waals surface area contributed by atoms with Crippen LogP contribution in [0.1, 0.15) is 32.3 Å². The number of nitrogens with zero attached hydrogens (tertiary/aromatic N) is 1. The summed E-state index contributed by atoms with van der Waals surface area (Å²) in [7, 11) is 0. The highest BCUT2D eigenvalue weighted by atomic mass is 16.6. The summed E-state index contributed by atoms with van der Waals surface area (Å²) >= 11 is 0. The zero-order chi connectivity index (χ0) is 15.2. The lowest BCUT2D eigenvalue weighted by Gasteiger charge is -2.30. The Hall–Kier alpha value is -1.50. The lowest BCUT2D eigenvalue weighted by molar-refractivity contribution is -0.385. The Balaban J connectivity index is 2.86. The van der Waals surface area contributed by atoms with Gasteiger partial charge in [0, 0.05) is 18.1 Å². The molecule has 6 heteroatoms. The number of nitro groups is 1. The van der Waals surface area contributed by atoms with Gasteiger partial charge in [0.25, 0.3) is 5.69 Å². The van der Waals surface area contributed by atoms with Gasteiger partial charge < -0.3 is 14.9 Å². The molecule has 0 spiro atoms. The molecule has 0 aliphatic carbocycles. The molecular weight excluding hydrogens is 262 g/mol. The third-order valence-electron chi connectivity index (χ3n) is 3.33. The number of hydrogen-bond acceptors (Lipinski definition) is 5. The van der Waals surface area contributed by atoms with Crippen LogP contribution in [0.3, 0.4) is 0 Å². The van der Waals surface area contributed by atoms with Crippen LogP contribution in [0.15, 0.2) is 24.3 Å². The van der Waals surface area contributed by atoms with Crippen molar-refractivity contribution in [2.24, 2.45) is 0 Å². The van der Waals surface area contributed by atoms with E-state index >= 15 is 0 Å². The van der Waals surface area contributed by atoms with Gasteiger partial charge in [-0.1, -0.05) is 32.0 Å². The Bertz CT molecular complexity index is 445. The van der Waals surface area contributed by atoms with Crippen LogP contribution in [-0.4, -0.2) is 33.6 Å². The number of hydrogen-bond donors (Lipinski definition) is 2. The smallest absolute Gasteiger partial charge is 0.272 e. The van der Waals surface area contributed by atoms with Crippen molar-refractivity contribution in [1.82, 2.24) is 0 Å². The predicted molar refractivity (Wildman–Crippen MR) is 74.3 cm³/mol. The lowest BCUT2D eigenvalue weighted by Crippen LogP contribution is -2.38. The summed E-state index contributed by atoms with van der Waals surface area (Å²) in [4.78, 5) is 10.5. The van der Waals surface area contributed by atoms with Crippen molar-refractivity contribution in [3.05, 3.63) is 39.9 Å². The van der Waals surface area contributed by atoms with E-state index in [4.69, 9.17) is 4.74 Å². The van der Waals surface area contributed by atoms with Gasteiger partial charge in [-0.15, -0.1) is 0 Å². The SMILES string of the molecule is CCC(O)(CC)OC(CO)Cc1ccccc1[N+](=O)[O-]. The average Bonchev–Trinajstić information content (AvgIpc) is 2.46. The fourth-order valence-electron chi connectivity index (χ4n) is 1.98. The van der Waals surface area contributed by atoms with E-state index in [2.05, 4.69) is 0 Å². The first-order chi connectivity index (χ1) is 9.45. The van der Waals surface area contributed by atoms with Crippen molar-refractivity contribution in [2.45, 2.75) is 45.0 Å². The van der Waals surface area contributed by atoms with Crippen LogP contribution in [0.2, 0.25) is 0 Å². The van der Waals surface area contributed by atoms with Crippen LogP contribution in [0.25, 0.3) is 0 Å². The number of rotatable bonds is 8. The summed E-state index contributed by atoms with van der Waals surface area (Å²) in [5, 5.41) is 30.4. The number of para-hydroxylation sites is 1. The Morgan fingerprint density at radius 1 is 1.35 bits per heavy atom. The highest BCUT2D eigenvalue weighted by molar-refractivity contribution is 5.40. The Morgan fingerprint density at radius 3 is 2.45 bits per heavy atom. The molecule has 1 aromatic rings. The molecule has 0 fully saturated rings. The minimum Gasteiger partial charge on any atom is -0.394 e. The molecule has 0 aliphatic rings. The summed E-state index contributed by atoms with van der Waals surface area (Å²) in [5.41, 5.74) is 0.470. The van der Waals surface area contributed by atoms with Crippen LogP contribution in [0, 0.1) is 10.1 Å². The Kier molecular flexibility index (Phi) is 6.06. The van der Waals surface area contributed by atoms with E-state index in [0.29, 0.717) is 18.4 Å². The molecule has 0 bridgehead atoms. The molecule has 0 radical (unpaired) electrons. The molecule has 0 saturated carbocycles. The molecule has 0 amide bonds. The average molecular weight is 283 g/mol. The molecule has 1 aromatic carbocycles. The third kappa shape index (κ3) is 4.26. The van der Waals surface area contributed by atoms with Crippen LogP contribution < -0.4 is 0 Å². The first-order valence-corrected chi connectivity index (χ1v) is 6.69. The molecule has 0 heterocycles. The van der Waals surface area contributed by atoms with Crippen molar-refractivity contribution >= 4 is 5.69 Å². The van der Waals surface area contributed by atoms with E-state index in [-0.39, 0.29) is 18.7 Å². The van der Waals surface area contributed by atoms with Crippen molar-refractivity contribution in [3.63, 3.8) is 0 Å². The molecule has 112 valence electrons. The van der Waals surface area contributed by atoms with Crippen LogP contribution in [0.4, 0.5) is 5.69 Å². The van der Waals surface area contributed by atoms with Gasteiger partial charge in [0.05, 0.1) is 17.6 Å². The maximum absolute atomic E-state index is 10.9. The predicted octanol–water partition coefficient (Wildman–Crippen LogP) is 2.02. The molecule has 1 unspecified atom stereocenters. The fraction of sp³-hybridized carbons (Fsp3) is 0.571. The highest BCUT2D eigenvalue weighted by Crippen LogP contribution is 2.24. The molecule has 2 N–H and O–H groups in total. The van der Waals surface area contributed by atoms with E-state index in [1.165, 1.54) is 6.07 Å². The maximum Gasteiger partial charge on any atom is 0.272 e. The summed E-state index contributed by atoms with van der Waals surface area (Å²) in [5.74, 6) is -1.31. The van der Waals surface area contributed by atoms with E-state index < -0.39 is 16.8 Å². The molecule has 20 heavy (non-hydrogen) atoms. The monoisotopic (exact) mass is 283 g/mol. The van der Waals surface area contributed by atoms with Crippen molar-refractivity contribution in [1.29, 1.82) is 0 Å². The third-order valence-corrected chi connectivity index (χ3v) is 3.33. The quantitative estimate of drug-likeness (QED) is 0.432. The van der Waals surface area contributed by atoms with Gasteiger partial charge >= 0.3 is 0 Å². The van der Waals surface area contributed by atoms with Crippen LogP contribution in [-0.2, 0) is 11.2 Å². The summed E-state index contributed by atoms with van der Waals surface area (Å²) in [6.07, 6.45) is 0.269. The zero-order valence-corrected chi connectivity index (χ0v) is 11.8. The second-order valence-electron chi connectivity index (χ2n) is 4.67. The molecule has 0 aromatic heterocycles. The number of aliphatic hydroxyl groups excluding tert-OH is 1. The molecule has 1 atom stereocenters. The van der Waals surface area contributed by atoms with E-state index in [1.54, 1.807) is 32.0 Å². The van der Waals surface area contributed by atoms with Gasteiger partial charge in [0.1, 0.15) is 0 Å². The highest BCUT2D eigenvalue weighted by Gasteiger charge is 2.28. The van der Waals surface area contributed by atoms with E-state index in [1.807, 2.05) is 0 Å². The van der Waals surface area contributed by atoms with Gasteiger partial charge in [-0.25, -0.2) is 0 Å². The molecule has 1 rings (SSSR count). The standard InChI is InChI=1S/C14H21NO5/c1-3-14(17,4-2)20-12(10-16)9-11-7-5-6-8-13(11)15(18)19/h5-8,12,16-17H,3-4,9-10H2,1-2H3. The van der Waals surface area contributed by atoms with Gasteiger partial charge in [-0.05, 0) is 12.8 Å². The largest absolute Gasteiger partial charge is 0.394 e. The normalized spacial score (nSPS) is 13.2. The van der Waals surface area contributed by atoms with Crippen LogP contribution in [0.5, 0.6) is 0 Å². The maximum atomic E-state index is 10.9. The lowest BCUT2D eigenvalue weighted by atomic mass is 10.1.